The van der Waals surface area contributed by atoms with Gasteiger partial charge in [0.2, 0.25) is 5.92 Å². The van der Waals surface area contributed by atoms with E-state index in [9.17, 15) is 8.78 Å². The molecular formula is C13H24F2N2. The molecule has 1 aliphatic carbocycles. The molecule has 2 atom stereocenters. The molecule has 0 aromatic rings. The molecule has 1 aliphatic heterocycles. The SMILES string of the molecule is CC(C)C1CN(CC2CCC(F)(F)C2)CCN1. The Morgan fingerprint density at radius 1 is 1.41 bits per heavy atom. The quantitative estimate of drug-likeness (QED) is 0.822. The van der Waals surface area contributed by atoms with Crippen LogP contribution in [0.3, 0.4) is 0 Å². The number of rotatable bonds is 3. The van der Waals surface area contributed by atoms with Gasteiger partial charge in [-0.3, -0.25) is 0 Å². The van der Waals surface area contributed by atoms with Gasteiger partial charge in [0.05, 0.1) is 0 Å². The Kier molecular flexibility index (Phi) is 4.03. The van der Waals surface area contributed by atoms with Crippen LogP contribution in [-0.2, 0) is 0 Å². The van der Waals surface area contributed by atoms with Gasteiger partial charge in [-0.1, -0.05) is 13.8 Å². The molecule has 100 valence electrons. The van der Waals surface area contributed by atoms with Crippen LogP contribution >= 0.6 is 0 Å². The second kappa shape index (κ2) is 5.19. The minimum Gasteiger partial charge on any atom is -0.311 e. The largest absolute Gasteiger partial charge is 0.311 e. The van der Waals surface area contributed by atoms with Crippen molar-refractivity contribution >= 4 is 0 Å². The first-order valence-electron chi connectivity index (χ1n) is 6.80. The Labute approximate surface area is 103 Å². The van der Waals surface area contributed by atoms with E-state index in [-0.39, 0.29) is 18.8 Å². The number of hydrogen-bond acceptors (Lipinski definition) is 2. The summed E-state index contributed by atoms with van der Waals surface area (Å²) in [4.78, 5) is 2.37. The van der Waals surface area contributed by atoms with Crippen molar-refractivity contribution in [1.29, 1.82) is 0 Å². The molecule has 1 heterocycles. The van der Waals surface area contributed by atoms with Crippen LogP contribution in [-0.4, -0.2) is 43.0 Å². The lowest BCUT2D eigenvalue weighted by Gasteiger charge is -2.37. The van der Waals surface area contributed by atoms with Crippen molar-refractivity contribution in [3.63, 3.8) is 0 Å². The summed E-state index contributed by atoms with van der Waals surface area (Å²) in [7, 11) is 0. The first-order valence-corrected chi connectivity index (χ1v) is 6.80. The monoisotopic (exact) mass is 246 g/mol. The van der Waals surface area contributed by atoms with Gasteiger partial charge in [0.1, 0.15) is 0 Å². The fourth-order valence-electron chi connectivity index (χ4n) is 3.02. The van der Waals surface area contributed by atoms with Gasteiger partial charge in [0, 0.05) is 45.1 Å². The first-order chi connectivity index (χ1) is 7.96. The van der Waals surface area contributed by atoms with Gasteiger partial charge < -0.3 is 10.2 Å². The van der Waals surface area contributed by atoms with Crippen LogP contribution in [0.5, 0.6) is 0 Å². The molecule has 1 saturated carbocycles. The molecule has 0 amide bonds. The van der Waals surface area contributed by atoms with E-state index in [1.54, 1.807) is 0 Å². The van der Waals surface area contributed by atoms with Crippen LogP contribution in [0.15, 0.2) is 0 Å². The van der Waals surface area contributed by atoms with E-state index < -0.39 is 5.92 Å². The molecule has 2 nitrogen and oxygen atoms in total. The van der Waals surface area contributed by atoms with Crippen molar-refractivity contribution in [3.8, 4) is 0 Å². The smallest absolute Gasteiger partial charge is 0.248 e. The number of hydrogen-bond donors (Lipinski definition) is 1. The topological polar surface area (TPSA) is 15.3 Å². The summed E-state index contributed by atoms with van der Waals surface area (Å²) in [6.07, 6.45) is 0.893. The Morgan fingerprint density at radius 3 is 2.76 bits per heavy atom. The van der Waals surface area contributed by atoms with Gasteiger partial charge in [-0.05, 0) is 18.3 Å². The fourth-order valence-corrected chi connectivity index (χ4v) is 3.02. The van der Waals surface area contributed by atoms with Crippen molar-refractivity contribution < 1.29 is 8.78 Å². The maximum absolute atomic E-state index is 13.1. The van der Waals surface area contributed by atoms with Crippen LogP contribution in [0, 0.1) is 11.8 Å². The summed E-state index contributed by atoms with van der Waals surface area (Å²) in [5, 5.41) is 3.50. The summed E-state index contributed by atoms with van der Waals surface area (Å²) in [5.74, 6) is -1.57. The van der Waals surface area contributed by atoms with Gasteiger partial charge in [-0.15, -0.1) is 0 Å². The third kappa shape index (κ3) is 3.62. The molecule has 0 aromatic carbocycles. The summed E-state index contributed by atoms with van der Waals surface area (Å²) in [5.41, 5.74) is 0. The standard InChI is InChI=1S/C13H24F2N2/c1-10(2)12-9-17(6-5-16-12)8-11-3-4-13(14,15)7-11/h10-12,16H,3-9H2,1-2H3. The summed E-state index contributed by atoms with van der Waals surface area (Å²) < 4.78 is 26.2. The van der Waals surface area contributed by atoms with Gasteiger partial charge >= 0.3 is 0 Å². The molecule has 1 N–H and O–H groups in total. The summed E-state index contributed by atoms with van der Waals surface area (Å²) in [6, 6.07) is 0.519. The lowest BCUT2D eigenvalue weighted by molar-refractivity contribution is 0.00285. The van der Waals surface area contributed by atoms with Gasteiger partial charge in [0.15, 0.2) is 0 Å². The molecule has 1 saturated heterocycles. The van der Waals surface area contributed by atoms with Gasteiger partial charge in [-0.25, -0.2) is 8.78 Å². The molecule has 2 fully saturated rings. The number of alkyl halides is 2. The zero-order chi connectivity index (χ0) is 12.5. The number of nitrogens with zero attached hydrogens (tertiary/aromatic N) is 1. The average Bonchev–Trinajstić information content (AvgIpc) is 2.58. The van der Waals surface area contributed by atoms with Crippen LogP contribution in [0.1, 0.15) is 33.1 Å². The van der Waals surface area contributed by atoms with Gasteiger partial charge in [0.25, 0.3) is 0 Å². The second-order valence-electron chi connectivity index (χ2n) is 6.03. The highest BCUT2D eigenvalue weighted by molar-refractivity contribution is 4.86. The zero-order valence-electron chi connectivity index (χ0n) is 10.9. The Hall–Kier alpha value is -0.220. The van der Waals surface area contributed by atoms with E-state index >= 15 is 0 Å². The minimum absolute atomic E-state index is 0.0946. The third-order valence-corrected chi connectivity index (χ3v) is 4.12. The predicted molar refractivity (Wildman–Crippen MR) is 65.4 cm³/mol. The molecule has 2 aliphatic rings. The van der Waals surface area contributed by atoms with Crippen LogP contribution < -0.4 is 5.32 Å². The maximum atomic E-state index is 13.1. The van der Waals surface area contributed by atoms with Crippen molar-refractivity contribution in [2.24, 2.45) is 11.8 Å². The molecule has 0 bridgehead atoms. The summed E-state index contributed by atoms with van der Waals surface area (Å²) >= 11 is 0. The van der Waals surface area contributed by atoms with Gasteiger partial charge in [-0.2, -0.15) is 0 Å². The van der Waals surface area contributed by atoms with E-state index in [1.165, 1.54) is 0 Å². The molecule has 17 heavy (non-hydrogen) atoms. The lowest BCUT2D eigenvalue weighted by Crippen LogP contribution is -2.53. The minimum atomic E-state index is -2.39. The second-order valence-corrected chi connectivity index (χ2v) is 6.03. The van der Waals surface area contributed by atoms with Crippen LogP contribution in [0.2, 0.25) is 0 Å². The average molecular weight is 246 g/mol. The number of nitrogens with one attached hydrogen (secondary N) is 1. The normalized spacial score (nSPS) is 34.4. The Morgan fingerprint density at radius 2 is 2.18 bits per heavy atom. The zero-order valence-corrected chi connectivity index (χ0v) is 10.9. The molecule has 0 aromatic heterocycles. The number of piperazine rings is 1. The number of halogens is 2. The molecule has 0 spiro atoms. The Bertz CT molecular complexity index is 256. The molecular weight excluding hydrogens is 222 g/mol. The summed E-state index contributed by atoms with van der Waals surface area (Å²) in [6.45, 7) is 8.30. The molecule has 4 heteroatoms. The highest BCUT2D eigenvalue weighted by atomic mass is 19.3. The molecule has 2 unspecified atom stereocenters. The van der Waals surface area contributed by atoms with E-state index in [0.717, 1.165) is 26.2 Å². The van der Waals surface area contributed by atoms with Crippen molar-refractivity contribution in [3.05, 3.63) is 0 Å². The molecule has 2 rings (SSSR count). The third-order valence-electron chi connectivity index (χ3n) is 4.12. The van der Waals surface area contributed by atoms with Crippen molar-refractivity contribution in [1.82, 2.24) is 10.2 Å². The van der Waals surface area contributed by atoms with E-state index in [1.807, 2.05) is 0 Å². The maximum Gasteiger partial charge on any atom is 0.248 e. The highest BCUT2D eigenvalue weighted by Crippen LogP contribution is 2.39. The highest BCUT2D eigenvalue weighted by Gasteiger charge is 2.40. The predicted octanol–water partition coefficient (Wildman–Crippen LogP) is 2.35. The van der Waals surface area contributed by atoms with E-state index in [2.05, 4.69) is 24.1 Å². The lowest BCUT2D eigenvalue weighted by atomic mass is 10.0. The van der Waals surface area contributed by atoms with E-state index in [0.29, 0.717) is 18.4 Å². The van der Waals surface area contributed by atoms with Crippen molar-refractivity contribution in [2.75, 3.05) is 26.2 Å². The van der Waals surface area contributed by atoms with Crippen LogP contribution in [0.4, 0.5) is 8.78 Å². The van der Waals surface area contributed by atoms with Crippen LogP contribution in [0.25, 0.3) is 0 Å². The van der Waals surface area contributed by atoms with E-state index in [4.69, 9.17) is 0 Å². The van der Waals surface area contributed by atoms with Crippen molar-refractivity contribution in [2.45, 2.75) is 45.1 Å². The fraction of sp³-hybridized carbons (Fsp3) is 1.00. The first kappa shape index (κ1) is 13.2. The molecule has 0 radical (unpaired) electrons. The Balaban J connectivity index is 1.79.